The van der Waals surface area contributed by atoms with Gasteiger partial charge < -0.3 is 33.0 Å². The average molecular weight is 437 g/mol. The van der Waals surface area contributed by atoms with Gasteiger partial charge in [0.15, 0.2) is 5.96 Å². The summed E-state index contributed by atoms with van der Waals surface area (Å²) in [5, 5.41) is 6.33. The van der Waals surface area contributed by atoms with Crippen LogP contribution in [0.1, 0.15) is 31.7 Å². The minimum Gasteiger partial charge on any atom is -0.401 e. The largest absolute Gasteiger partial charge is 0.401 e. The SMILES string of the molecule is C/C(N)=C/NC(N)=N[C@H]1CC[C@H](Nc2ccc(-n3cc(C4=CNNN4)ccc3=O)cn2)C1. The smallest absolute Gasteiger partial charge is 0.255 e. The molecule has 11 nitrogen and oxygen atoms in total. The van der Waals surface area contributed by atoms with Crippen LogP contribution in [0.4, 0.5) is 5.82 Å². The number of hydrazine groups is 2. The van der Waals surface area contributed by atoms with Gasteiger partial charge in [0.2, 0.25) is 0 Å². The van der Waals surface area contributed by atoms with Gasteiger partial charge in [0.25, 0.3) is 5.56 Å². The fraction of sp³-hybridized carbons (Fsp3) is 0.286. The number of guanidine groups is 1. The Labute approximate surface area is 185 Å². The second kappa shape index (κ2) is 9.43. The van der Waals surface area contributed by atoms with Crippen molar-refractivity contribution in [3.8, 4) is 5.69 Å². The summed E-state index contributed by atoms with van der Waals surface area (Å²) in [6, 6.07) is 7.47. The fourth-order valence-corrected chi connectivity index (χ4v) is 3.70. The Hall–Kier alpha value is -3.99. The van der Waals surface area contributed by atoms with Crippen LogP contribution in [0.15, 0.2) is 64.5 Å². The molecular weight excluding hydrogens is 408 g/mol. The predicted molar refractivity (Wildman–Crippen MR) is 125 cm³/mol. The summed E-state index contributed by atoms with van der Waals surface area (Å²) in [7, 11) is 0. The van der Waals surface area contributed by atoms with Gasteiger partial charge in [-0.15, -0.1) is 0 Å². The lowest BCUT2D eigenvalue weighted by molar-refractivity contribution is 0.620. The lowest BCUT2D eigenvalue weighted by Crippen LogP contribution is -2.31. The summed E-state index contributed by atoms with van der Waals surface area (Å²) in [6.45, 7) is 1.78. The minimum atomic E-state index is -0.127. The number of rotatable bonds is 6. The third-order valence-corrected chi connectivity index (χ3v) is 5.26. The van der Waals surface area contributed by atoms with E-state index in [0.29, 0.717) is 17.3 Å². The summed E-state index contributed by atoms with van der Waals surface area (Å²) >= 11 is 0. The molecule has 0 bridgehead atoms. The molecule has 0 spiro atoms. The molecular formula is C21H28N10O. The van der Waals surface area contributed by atoms with Crippen LogP contribution in [0.25, 0.3) is 11.4 Å². The third kappa shape index (κ3) is 5.19. The van der Waals surface area contributed by atoms with E-state index in [2.05, 4.69) is 37.0 Å². The van der Waals surface area contributed by atoms with E-state index in [1.54, 1.807) is 42.4 Å². The zero-order valence-electron chi connectivity index (χ0n) is 17.8. The van der Waals surface area contributed by atoms with Crippen molar-refractivity contribution in [3.63, 3.8) is 0 Å². The molecule has 0 amide bonds. The molecule has 9 N–H and O–H groups in total. The molecule has 11 heteroatoms. The monoisotopic (exact) mass is 436 g/mol. The van der Waals surface area contributed by atoms with Crippen molar-refractivity contribution < 1.29 is 0 Å². The first-order valence-electron chi connectivity index (χ1n) is 10.4. The zero-order valence-corrected chi connectivity index (χ0v) is 17.8. The summed E-state index contributed by atoms with van der Waals surface area (Å²) in [5.74, 6) is 1.12. The highest BCUT2D eigenvalue weighted by Gasteiger charge is 2.24. The summed E-state index contributed by atoms with van der Waals surface area (Å²) in [5.41, 5.74) is 23.0. The number of hydrogen-bond acceptors (Lipinski definition) is 8. The number of pyridine rings is 2. The van der Waals surface area contributed by atoms with Gasteiger partial charge in [-0.25, -0.2) is 9.98 Å². The van der Waals surface area contributed by atoms with Gasteiger partial charge in [-0.05, 0) is 44.4 Å². The molecule has 3 heterocycles. The van der Waals surface area contributed by atoms with Crippen LogP contribution in [-0.2, 0) is 0 Å². The number of aliphatic imine (C=N–C) groups is 1. The van der Waals surface area contributed by atoms with Crippen LogP contribution in [0.3, 0.4) is 0 Å². The van der Waals surface area contributed by atoms with Crippen LogP contribution in [-0.4, -0.2) is 27.6 Å². The second-order valence-electron chi connectivity index (χ2n) is 7.84. The molecule has 32 heavy (non-hydrogen) atoms. The van der Waals surface area contributed by atoms with Crippen LogP contribution in [0.5, 0.6) is 0 Å². The Morgan fingerprint density at radius 2 is 2.16 bits per heavy atom. The van der Waals surface area contributed by atoms with E-state index < -0.39 is 0 Å². The Morgan fingerprint density at radius 1 is 1.28 bits per heavy atom. The molecule has 2 atom stereocenters. The molecule has 2 aromatic rings. The molecule has 1 fully saturated rings. The highest BCUT2D eigenvalue weighted by atomic mass is 16.1. The van der Waals surface area contributed by atoms with E-state index in [9.17, 15) is 4.79 Å². The number of hydrogen-bond donors (Lipinski definition) is 7. The zero-order chi connectivity index (χ0) is 22.5. The summed E-state index contributed by atoms with van der Waals surface area (Å²) < 4.78 is 1.57. The second-order valence-corrected chi connectivity index (χ2v) is 7.84. The van der Waals surface area contributed by atoms with Gasteiger partial charge in [0.1, 0.15) is 5.82 Å². The first kappa shape index (κ1) is 21.2. The summed E-state index contributed by atoms with van der Waals surface area (Å²) in [4.78, 5) is 21.4. The molecule has 0 saturated heterocycles. The Morgan fingerprint density at radius 3 is 2.88 bits per heavy atom. The standard InChI is InChI=1S/C21H28N10O/c1-13(22)9-25-21(23)28-16-4-3-15(8-16)27-19-6-5-17(10-24-19)31-12-14(2-7-20(31)32)18-11-26-30-29-18/h2,5-7,9-12,15-16,26,29-30H,3-4,8,22H2,1H3,(H,24,27)(H3,23,25,28)/b13-9-/t15-,16-/m0/s1. The lowest BCUT2D eigenvalue weighted by atomic mass is 10.2. The maximum atomic E-state index is 12.4. The molecule has 0 radical (unpaired) electrons. The van der Waals surface area contributed by atoms with Gasteiger partial charge in [-0.2, -0.15) is 5.53 Å². The number of nitrogens with two attached hydrogens (primary N) is 2. The van der Waals surface area contributed by atoms with Gasteiger partial charge in [-0.3, -0.25) is 9.36 Å². The number of anilines is 1. The van der Waals surface area contributed by atoms with Crippen molar-refractivity contribution >= 4 is 17.5 Å². The van der Waals surface area contributed by atoms with E-state index in [0.717, 1.165) is 36.3 Å². The Bertz CT molecular complexity index is 1100. The minimum absolute atomic E-state index is 0.127. The molecule has 1 aliphatic carbocycles. The van der Waals surface area contributed by atoms with Gasteiger partial charge in [0, 0.05) is 42.0 Å². The molecule has 2 aromatic heterocycles. The summed E-state index contributed by atoms with van der Waals surface area (Å²) in [6.07, 6.45) is 9.66. The number of nitrogens with one attached hydrogen (secondary N) is 5. The Balaban J connectivity index is 1.39. The maximum Gasteiger partial charge on any atom is 0.255 e. The van der Waals surface area contributed by atoms with Crippen molar-refractivity contribution in [1.29, 1.82) is 0 Å². The van der Waals surface area contributed by atoms with E-state index in [4.69, 9.17) is 11.5 Å². The van der Waals surface area contributed by atoms with E-state index in [-0.39, 0.29) is 17.6 Å². The highest BCUT2D eigenvalue weighted by Crippen LogP contribution is 2.25. The molecule has 4 rings (SSSR count). The van der Waals surface area contributed by atoms with Crippen LogP contribution in [0.2, 0.25) is 0 Å². The van der Waals surface area contributed by atoms with Gasteiger partial charge >= 0.3 is 0 Å². The molecule has 1 aliphatic heterocycles. The lowest BCUT2D eigenvalue weighted by Gasteiger charge is -2.14. The number of allylic oxidation sites excluding steroid dienone is 1. The van der Waals surface area contributed by atoms with Crippen molar-refractivity contribution in [1.82, 2.24) is 31.3 Å². The van der Waals surface area contributed by atoms with Crippen molar-refractivity contribution in [2.75, 3.05) is 5.32 Å². The van der Waals surface area contributed by atoms with Crippen LogP contribution >= 0.6 is 0 Å². The molecule has 168 valence electrons. The van der Waals surface area contributed by atoms with Crippen LogP contribution in [0, 0.1) is 0 Å². The van der Waals surface area contributed by atoms with E-state index in [1.165, 1.54) is 6.07 Å². The van der Waals surface area contributed by atoms with Gasteiger partial charge in [-0.1, -0.05) is 0 Å². The highest BCUT2D eigenvalue weighted by molar-refractivity contribution is 5.79. The first-order chi connectivity index (χ1) is 15.5. The number of nitrogens with zero attached hydrogens (tertiary/aromatic N) is 3. The maximum absolute atomic E-state index is 12.4. The third-order valence-electron chi connectivity index (χ3n) is 5.26. The predicted octanol–water partition coefficient (Wildman–Crippen LogP) is 0.201. The van der Waals surface area contributed by atoms with Crippen molar-refractivity contribution in [3.05, 3.63) is 70.7 Å². The average Bonchev–Trinajstić information content (AvgIpc) is 3.46. The van der Waals surface area contributed by atoms with Crippen molar-refractivity contribution in [2.45, 2.75) is 38.3 Å². The number of aromatic nitrogens is 2. The molecule has 0 aromatic carbocycles. The topological polar surface area (TPSA) is 159 Å². The quantitative estimate of drug-likeness (QED) is 0.248. The fourth-order valence-electron chi connectivity index (χ4n) is 3.70. The molecule has 0 unspecified atom stereocenters. The van der Waals surface area contributed by atoms with Crippen molar-refractivity contribution in [2.24, 2.45) is 16.5 Å². The van der Waals surface area contributed by atoms with Crippen LogP contribution < -0.4 is 44.0 Å². The first-order valence-corrected chi connectivity index (χ1v) is 10.4. The van der Waals surface area contributed by atoms with Gasteiger partial charge in [0.05, 0.1) is 23.6 Å². The Kier molecular flexibility index (Phi) is 6.26. The van der Waals surface area contributed by atoms with E-state index in [1.807, 2.05) is 12.1 Å². The van der Waals surface area contributed by atoms with E-state index >= 15 is 0 Å². The molecule has 2 aliphatic rings. The normalized spacial score (nSPS) is 21.0. The molecule has 1 saturated carbocycles.